The van der Waals surface area contributed by atoms with Crippen molar-refractivity contribution in [3.63, 3.8) is 0 Å². The van der Waals surface area contributed by atoms with E-state index in [1.54, 1.807) is 6.92 Å². The highest BCUT2D eigenvalue weighted by Gasteiger charge is 2.20. The molecule has 0 saturated heterocycles. The van der Waals surface area contributed by atoms with Gasteiger partial charge in [0.2, 0.25) is 0 Å². The fourth-order valence-corrected chi connectivity index (χ4v) is 3.13. The number of hydrogen-bond acceptors (Lipinski definition) is 3. The lowest BCUT2D eigenvalue weighted by Crippen LogP contribution is -2.26. The number of aliphatic carboxylic acids is 1. The lowest BCUT2D eigenvalue weighted by molar-refractivity contribution is -0.145. The standard InChI is InChI=1S/C13H17Br2NO3/c1-3-11(13(17)18)19-12-9(14)5-8(4-7(2)16)6-10(12)15/h5-7,11H,3-4,16H2,1-2H3,(H,17,18). The van der Waals surface area contributed by atoms with Crippen LogP contribution in [0.5, 0.6) is 5.75 Å². The van der Waals surface area contributed by atoms with Gasteiger partial charge in [-0.3, -0.25) is 0 Å². The summed E-state index contributed by atoms with van der Waals surface area (Å²) < 4.78 is 6.96. The minimum absolute atomic E-state index is 0.0629. The fourth-order valence-electron chi connectivity index (χ4n) is 1.67. The quantitative estimate of drug-likeness (QED) is 0.775. The zero-order valence-corrected chi connectivity index (χ0v) is 14.0. The smallest absolute Gasteiger partial charge is 0.344 e. The Kier molecular flexibility index (Phi) is 6.29. The Hall–Kier alpha value is -0.590. The summed E-state index contributed by atoms with van der Waals surface area (Å²) in [5, 5.41) is 9.02. The molecule has 0 aromatic heterocycles. The first-order valence-electron chi connectivity index (χ1n) is 5.98. The third-order valence-electron chi connectivity index (χ3n) is 2.52. The molecule has 1 aromatic rings. The summed E-state index contributed by atoms with van der Waals surface area (Å²) in [6.07, 6.45) is 0.288. The lowest BCUT2D eigenvalue weighted by atomic mass is 10.1. The molecule has 1 rings (SSSR count). The maximum absolute atomic E-state index is 11.0. The van der Waals surface area contributed by atoms with Crippen LogP contribution in [0.25, 0.3) is 0 Å². The molecular formula is C13H17Br2NO3. The summed E-state index contributed by atoms with van der Waals surface area (Å²) in [6, 6.07) is 3.86. The second kappa shape index (κ2) is 7.26. The normalized spacial score (nSPS) is 13.9. The van der Waals surface area contributed by atoms with E-state index in [-0.39, 0.29) is 6.04 Å². The zero-order valence-electron chi connectivity index (χ0n) is 10.8. The highest BCUT2D eigenvalue weighted by Crippen LogP contribution is 2.36. The number of rotatable bonds is 6. The molecule has 0 amide bonds. The van der Waals surface area contributed by atoms with Crippen LogP contribution in [0.1, 0.15) is 25.8 Å². The van der Waals surface area contributed by atoms with Gasteiger partial charge < -0.3 is 15.6 Å². The largest absolute Gasteiger partial charge is 0.479 e. The summed E-state index contributed by atoms with van der Waals surface area (Å²) in [5.74, 6) is -0.469. The summed E-state index contributed by atoms with van der Waals surface area (Å²) in [7, 11) is 0. The van der Waals surface area contributed by atoms with Crippen molar-refractivity contribution in [2.24, 2.45) is 5.73 Å². The molecule has 0 fully saturated rings. The number of nitrogens with two attached hydrogens (primary N) is 1. The Bertz CT molecular complexity index is 440. The first-order chi connectivity index (χ1) is 8.85. The third kappa shape index (κ3) is 4.78. The van der Waals surface area contributed by atoms with Gasteiger partial charge in [-0.1, -0.05) is 6.92 Å². The van der Waals surface area contributed by atoms with E-state index < -0.39 is 12.1 Å². The summed E-state index contributed by atoms with van der Waals surface area (Å²) in [5.41, 5.74) is 6.82. The van der Waals surface area contributed by atoms with Crippen LogP contribution in [0, 0.1) is 0 Å². The predicted octanol–water partition coefficient (Wildman–Crippen LogP) is 3.34. The lowest BCUT2D eigenvalue weighted by Gasteiger charge is -2.17. The van der Waals surface area contributed by atoms with Gasteiger partial charge in [-0.15, -0.1) is 0 Å². The zero-order chi connectivity index (χ0) is 14.6. The molecule has 19 heavy (non-hydrogen) atoms. The van der Waals surface area contributed by atoms with Crippen LogP contribution in [0.3, 0.4) is 0 Å². The first kappa shape index (κ1) is 16.5. The van der Waals surface area contributed by atoms with Crippen LogP contribution in [-0.2, 0) is 11.2 Å². The fraction of sp³-hybridized carbons (Fsp3) is 0.462. The predicted molar refractivity (Wildman–Crippen MR) is 81.5 cm³/mol. The van der Waals surface area contributed by atoms with Crippen molar-refractivity contribution < 1.29 is 14.6 Å². The van der Waals surface area contributed by atoms with Crippen LogP contribution < -0.4 is 10.5 Å². The number of carboxylic acids is 1. The van der Waals surface area contributed by atoms with Gasteiger partial charge in [-0.2, -0.15) is 0 Å². The molecule has 3 N–H and O–H groups in total. The molecule has 0 radical (unpaired) electrons. The number of carboxylic acid groups (broad SMARTS) is 1. The average Bonchev–Trinajstić information content (AvgIpc) is 2.26. The van der Waals surface area contributed by atoms with E-state index in [4.69, 9.17) is 15.6 Å². The highest BCUT2D eigenvalue weighted by molar-refractivity contribution is 9.11. The summed E-state index contributed by atoms with van der Waals surface area (Å²) in [6.45, 7) is 3.70. The number of halogens is 2. The number of benzene rings is 1. The molecule has 2 unspecified atom stereocenters. The van der Waals surface area contributed by atoms with Gasteiger partial charge >= 0.3 is 5.97 Å². The van der Waals surface area contributed by atoms with Crippen molar-refractivity contribution in [3.05, 3.63) is 26.6 Å². The summed E-state index contributed by atoms with van der Waals surface area (Å²) >= 11 is 6.81. The van der Waals surface area contributed by atoms with Crippen LogP contribution in [0.15, 0.2) is 21.1 Å². The van der Waals surface area contributed by atoms with E-state index in [0.29, 0.717) is 12.2 Å². The minimum atomic E-state index is -0.971. The molecule has 0 spiro atoms. The molecule has 106 valence electrons. The van der Waals surface area contributed by atoms with E-state index in [1.807, 2.05) is 19.1 Å². The Morgan fingerprint density at radius 2 is 1.95 bits per heavy atom. The molecule has 0 saturated carbocycles. The molecule has 0 aliphatic heterocycles. The van der Waals surface area contributed by atoms with Crippen molar-refractivity contribution in [1.29, 1.82) is 0 Å². The van der Waals surface area contributed by atoms with Crippen molar-refractivity contribution in [2.45, 2.75) is 38.8 Å². The van der Waals surface area contributed by atoms with Crippen molar-refractivity contribution in [1.82, 2.24) is 0 Å². The van der Waals surface area contributed by atoms with Gasteiger partial charge in [0.05, 0.1) is 8.95 Å². The van der Waals surface area contributed by atoms with E-state index in [0.717, 1.165) is 20.9 Å². The molecule has 0 aliphatic rings. The van der Waals surface area contributed by atoms with Crippen LogP contribution in [0.4, 0.5) is 0 Å². The molecule has 1 aromatic carbocycles. The van der Waals surface area contributed by atoms with E-state index in [1.165, 1.54) is 0 Å². The van der Waals surface area contributed by atoms with Gasteiger partial charge in [-0.25, -0.2) is 4.79 Å². The Balaban J connectivity index is 2.99. The Labute approximate surface area is 129 Å². The number of ether oxygens (including phenoxy) is 1. The summed E-state index contributed by atoms with van der Waals surface area (Å²) in [4.78, 5) is 11.0. The molecule has 0 heterocycles. The molecule has 6 heteroatoms. The van der Waals surface area contributed by atoms with Gasteiger partial charge in [0.1, 0.15) is 5.75 Å². The van der Waals surface area contributed by atoms with E-state index in [9.17, 15) is 4.79 Å². The minimum Gasteiger partial charge on any atom is -0.479 e. The maximum Gasteiger partial charge on any atom is 0.344 e. The van der Waals surface area contributed by atoms with Crippen molar-refractivity contribution in [2.75, 3.05) is 0 Å². The first-order valence-corrected chi connectivity index (χ1v) is 7.56. The van der Waals surface area contributed by atoms with E-state index >= 15 is 0 Å². The van der Waals surface area contributed by atoms with Gasteiger partial charge in [0.15, 0.2) is 6.10 Å². The van der Waals surface area contributed by atoms with Gasteiger partial charge in [0.25, 0.3) is 0 Å². The average molecular weight is 395 g/mol. The molecule has 0 aliphatic carbocycles. The van der Waals surface area contributed by atoms with Crippen molar-refractivity contribution in [3.8, 4) is 5.75 Å². The Morgan fingerprint density at radius 3 is 2.32 bits per heavy atom. The second-order valence-corrected chi connectivity index (χ2v) is 6.13. The van der Waals surface area contributed by atoms with Gasteiger partial charge in [0, 0.05) is 6.04 Å². The highest BCUT2D eigenvalue weighted by atomic mass is 79.9. The molecule has 0 bridgehead atoms. The Morgan fingerprint density at radius 1 is 1.42 bits per heavy atom. The number of hydrogen-bond donors (Lipinski definition) is 2. The van der Waals surface area contributed by atoms with Crippen molar-refractivity contribution >= 4 is 37.8 Å². The second-order valence-electron chi connectivity index (χ2n) is 4.42. The SMILES string of the molecule is CCC(Oc1c(Br)cc(CC(C)N)cc1Br)C(=O)O. The topological polar surface area (TPSA) is 72.5 Å². The maximum atomic E-state index is 11.0. The molecule has 4 nitrogen and oxygen atoms in total. The van der Waals surface area contributed by atoms with Crippen LogP contribution in [-0.4, -0.2) is 23.2 Å². The van der Waals surface area contributed by atoms with E-state index in [2.05, 4.69) is 31.9 Å². The monoisotopic (exact) mass is 393 g/mol. The van der Waals surface area contributed by atoms with Crippen LogP contribution in [0.2, 0.25) is 0 Å². The molecular weight excluding hydrogens is 378 g/mol. The third-order valence-corrected chi connectivity index (χ3v) is 3.70. The van der Waals surface area contributed by atoms with Crippen LogP contribution >= 0.6 is 31.9 Å². The number of carbonyl (C=O) groups is 1. The molecule has 2 atom stereocenters. The van der Waals surface area contributed by atoms with Gasteiger partial charge in [-0.05, 0) is 69.3 Å².